The van der Waals surface area contributed by atoms with Crippen LogP contribution in [0.3, 0.4) is 0 Å². The van der Waals surface area contributed by atoms with Crippen LogP contribution in [0.1, 0.15) is 136 Å². The van der Waals surface area contributed by atoms with Gasteiger partial charge in [0, 0.05) is 27.7 Å². The fraction of sp³-hybridized carbons (Fsp3) is 0.386. The number of rotatable bonds is 10. The molecule has 8 bridgehead atoms. The molecule has 0 saturated heterocycles. The number of nitrogens with zero attached hydrogens (tertiary/aromatic N) is 2. The number of H-pyrrole nitrogens is 2. The van der Waals surface area contributed by atoms with Gasteiger partial charge in [0.25, 0.3) is 0 Å². The van der Waals surface area contributed by atoms with Crippen molar-refractivity contribution in [3.05, 3.63) is 93.1 Å². The average Bonchev–Trinajstić information content (AvgIpc) is 3.87. The normalized spacial score (nSPS) is 13.1. The first-order chi connectivity index (χ1) is 24.3. The van der Waals surface area contributed by atoms with Crippen molar-refractivity contribution in [3.63, 3.8) is 0 Å². The van der Waals surface area contributed by atoms with Gasteiger partial charge in [-0.1, -0.05) is 73.6 Å². The highest BCUT2D eigenvalue weighted by molar-refractivity contribution is 6.06. The molecule has 50 heavy (non-hydrogen) atoms. The maximum atomic E-state index is 13.4. The van der Waals surface area contributed by atoms with Gasteiger partial charge < -0.3 is 14.7 Å². The van der Waals surface area contributed by atoms with Crippen LogP contribution in [0.2, 0.25) is 0 Å². The van der Waals surface area contributed by atoms with Gasteiger partial charge in [0.15, 0.2) is 0 Å². The number of benzene rings is 1. The molecule has 0 spiro atoms. The number of aromatic amines is 2. The molecule has 2 N–H and O–H groups in total. The summed E-state index contributed by atoms with van der Waals surface area (Å²) in [5, 5.41) is 0. The maximum absolute atomic E-state index is 13.4. The molecule has 3 aromatic heterocycles. The van der Waals surface area contributed by atoms with Gasteiger partial charge in [0.05, 0.1) is 41.0 Å². The van der Waals surface area contributed by atoms with Gasteiger partial charge in [-0.2, -0.15) is 0 Å². The fourth-order valence-corrected chi connectivity index (χ4v) is 8.44. The molecule has 2 aliphatic rings. The second kappa shape index (κ2) is 14.6. The molecule has 0 amide bonds. The van der Waals surface area contributed by atoms with Crippen LogP contribution >= 0.6 is 0 Å². The van der Waals surface area contributed by atoms with E-state index in [2.05, 4.69) is 83.6 Å². The molecule has 0 atom stereocenters. The van der Waals surface area contributed by atoms with E-state index in [1.807, 2.05) is 24.3 Å². The average molecular weight is 669 g/mol. The quantitative estimate of drug-likeness (QED) is 0.165. The van der Waals surface area contributed by atoms with Crippen molar-refractivity contribution in [1.82, 2.24) is 19.9 Å². The lowest BCUT2D eigenvalue weighted by Gasteiger charge is -2.13. The van der Waals surface area contributed by atoms with Crippen LogP contribution in [0.25, 0.3) is 55.5 Å². The van der Waals surface area contributed by atoms with Crippen LogP contribution in [0.4, 0.5) is 0 Å². The van der Waals surface area contributed by atoms with Crippen molar-refractivity contribution >= 4 is 50.3 Å². The second-order valence-corrected chi connectivity index (χ2v) is 13.1. The highest BCUT2D eigenvalue weighted by Crippen LogP contribution is 2.44. The monoisotopic (exact) mass is 668 g/mol. The van der Waals surface area contributed by atoms with Crippen molar-refractivity contribution < 1.29 is 9.53 Å². The van der Waals surface area contributed by atoms with E-state index in [9.17, 15) is 4.79 Å². The molecule has 0 radical (unpaired) electrons. The van der Waals surface area contributed by atoms with Gasteiger partial charge >= 0.3 is 5.97 Å². The predicted octanol–water partition coefficient (Wildman–Crippen LogP) is 11.5. The van der Waals surface area contributed by atoms with Gasteiger partial charge in [-0.15, -0.1) is 0 Å². The highest BCUT2D eigenvalue weighted by atomic mass is 16.5. The maximum Gasteiger partial charge on any atom is 0.338 e. The van der Waals surface area contributed by atoms with Gasteiger partial charge in [-0.25, -0.2) is 14.8 Å². The molecule has 0 unspecified atom stereocenters. The summed E-state index contributed by atoms with van der Waals surface area (Å²) < 4.78 is 5.35. The number of ether oxygens (including phenoxy) is 1. The summed E-state index contributed by atoms with van der Waals surface area (Å²) in [7, 11) is 1.45. The number of carbonyl (C=O) groups excluding carboxylic acids is 1. The van der Waals surface area contributed by atoms with Crippen molar-refractivity contribution in [2.75, 3.05) is 7.11 Å². The summed E-state index contributed by atoms with van der Waals surface area (Å²) in [5.74, 6) is -0.359. The van der Waals surface area contributed by atoms with E-state index in [-0.39, 0.29) is 5.97 Å². The first-order valence-corrected chi connectivity index (χ1v) is 18.8. The summed E-state index contributed by atoms with van der Waals surface area (Å²) in [6, 6.07) is 14.6. The summed E-state index contributed by atoms with van der Waals surface area (Å²) in [6.45, 7) is 17.8. The fourth-order valence-electron chi connectivity index (χ4n) is 8.44. The zero-order chi connectivity index (χ0) is 35.7. The lowest BCUT2D eigenvalue weighted by atomic mass is 9.91. The van der Waals surface area contributed by atoms with Crippen molar-refractivity contribution in [2.24, 2.45) is 0 Å². The number of hydrogen-bond donors (Lipinski definition) is 2. The number of allylic oxidation sites excluding steroid dienone is 4. The number of nitrogens with one attached hydrogen (secondary N) is 2. The Morgan fingerprint density at radius 3 is 1.66 bits per heavy atom. The molecule has 0 saturated carbocycles. The zero-order valence-corrected chi connectivity index (χ0v) is 31.4. The van der Waals surface area contributed by atoms with Crippen LogP contribution in [-0.4, -0.2) is 33.0 Å². The van der Waals surface area contributed by atoms with Crippen LogP contribution in [0, 0.1) is 0 Å². The molecule has 6 heteroatoms. The summed E-state index contributed by atoms with van der Waals surface area (Å²) in [4.78, 5) is 32.1. The number of esters is 1. The third-order valence-corrected chi connectivity index (χ3v) is 10.7. The molecule has 6 rings (SSSR count). The Balaban J connectivity index is 1.95. The summed E-state index contributed by atoms with van der Waals surface area (Å²) >= 11 is 0. The molecule has 1 aromatic carbocycles. The van der Waals surface area contributed by atoms with Crippen LogP contribution in [-0.2, 0) is 30.4 Å². The first kappa shape index (κ1) is 35.1. The molecular weight excluding hydrogens is 617 g/mol. The van der Waals surface area contributed by atoms with E-state index < -0.39 is 0 Å². The standard InChI is InChI=1S/C44H52N4O2/c1-10-25-27(12-3)37-23-39-29(14-5)31(16-7)42(47-39)41(33-20-18-19-21-34(33)44(49)50-9)43-32(17-8)30(15-6)40(48-43)24-38-28(13-4)26(11-2)36(46-38)22-35(25)45-37/h18-24,45,47H,10-17H2,1-9H3. The third kappa shape index (κ3) is 5.73. The molecule has 4 aromatic rings. The first-order valence-electron chi connectivity index (χ1n) is 18.8. The minimum Gasteiger partial charge on any atom is -0.465 e. The zero-order valence-electron chi connectivity index (χ0n) is 31.4. The van der Waals surface area contributed by atoms with E-state index in [1.165, 1.54) is 51.7 Å². The second-order valence-electron chi connectivity index (χ2n) is 13.1. The van der Waals surface area contributed by atoms with Crippen LogP contribution in [0.5, 0.6) is 0 Å². The number of carbonyl (C=O) groups is 1. The Morgan fingerprint density at radius 1 is 0.580 bits per heavy atom. The van der Waals surface area contributed by atoms with Crippen molar-refractivity contribution in [3.8, 4) is 11.1 Å². The van der Waals surface area contributed by atoms with Gasteiger partial charge in [-0.05, 0) is 120 Å². The Kier molecular flexibility index (Phi) is 10.3. The van der Waals surface area contributed by atoms with Gasteiger partial charge in [0.2, 0.25) is 0 Å². The van der Waals surface area contributed by atoms with E-state index in [0.29, 0.717) is 5.56 Å². The number of methoxy groups -OCH3 is 1. The molecular formula is C44H52N4O2. The number of fused-ring (bicyclic) bond motifs is 8. The van der Waals surface area contributed by atoms with Crippen molar-refractivity contribution in [2.45, 2.75) is 107 Å². The SMILES string of the molecule is CCC1=C(CC)c2cc3[nH]c(cc4[nH]c(c(CC)c4CC)c(-c4ccccc4C(=O)OC)c4nc(cc1n2)C(CC)=C4CC)c(CC)c3CC. The van der Waals surface area contributed by atoms with Crippen molar-refractivity contribution in [1.29, 1.82) is 0 Å². The van der Waals surface area contributed by atoms with Gasteiger partial charge in [-0.3, -0.25) is 0 Å². The molecule has 0 aliphatic carbocycles. The van der Waals surface area contributed by atoms with E-state index in [4.69, 9.17) is 14.7 Å². The van der Waals surface area contributed by atoms with E-state index in [0.717, 1.165) is 107 Å². The van der Waals surface area contributed by atoms with Crippen LogP contribution in [0.15, 0.2) is 42.5 Å². The Bertz CT molecular complexity index is 2210. The Labute approximate surface area is 297 Å². The predicted molar refractivity (Wildman–Crippen MR) is 210 cm³/mol. The molecule has 2 aliphatic heterocycles. The lowest BCUT2D eigenvalue weighted by molar-refractivity contribution is 0.0601. The van der Waals surface area contributed by atoms with E-state index >= 15 is 0 Å². The smallest absolute Gasteiger partial charge is 0.338 e. The topological polar surface area (TPSA) is 83.7 Å². The number of aromatic nitrogens is 4. The minimum absolute atomic E-state index is 0.359. The Hall–Kier alpha value is -4.71. The number of hydrogen-bond acceptors (Lipinski definition) is 4. The molecule has 260 valence electrons. The Morgan fingerprint density at radius 2 is 1.08 bits per heavy atom. The summed E-state index contributed by atoms with van der Waals surface area (Å²) in [6.07, 6.45) is 7.00. The number of aryl methyl sites for hydroxylation is 4. The molecule has 5 heterocycles. The molecule has 0 fully saturated rings. The lowest BCUT2D eigenvalue weighted by Crippen LogP contribution is -2.04. The highest BCUT2D eigenvalue weighted by Gasteiger charge is 2.28. The van der Waals surface area contributed by atoms with E-state index in [1.54, 1.807) is 0 Å². The van der Waals surface area contributed by atoms with Gasteiger partial charge in [0.1, 0.15) is 0 Å². The summed E-state index contributed by atoms with van der Waals surface area (Å²) in [5.41, 5.74) is 20.8. The largest absolute Gasteiger partial charge is 0.465 e. The van der Waals surface area contributed by atoms with Crippen LogP contribution < -0.4 is 0 Å². The third-order valence-electron chi connectivity index (χ3n) is 10.7. The molecule has 6 nitrogen and oxygen atoms in total. The minimum atomic E-state index is -0.359.